The zero-order chi connectivity index (χ0) is 9.41. The van der Waals surface area contributed by atoms with E-state index < -0.39 is 11.6 Å². The molecule has 0 spiro atoms. The van der Waals surface area contributed by atoms with Gasteiger partial charge in [-0.3, -0.25) is 0 Å². The number of hydrogen-bond donors (Lipinski definition) is 1. The maximum atomic E-state index is 12.3. The molecule has 1 atom stereocenters. The normalized spacial score (nSPS) is 30.2. The molecule has 12 heavy (non-hydrogen) atoms. The predicted molar refractivity (Wildman–Crippen MR) is 38.6 cm³/mol. The van der Waals surface area contributed by atoms with Crippen molar-refractivity contribution in [3.05, 3.63) is 24.0 Å². The molecular formula is C8H9F3O. The van der Waals surface area contributed by atoms with E-state index in [1.807, 2.05) is 0 Å². The number of allylic oxidation sites excluding steroid dienone is 4. The lowest BCUT2D eigenvalue weighted by molar-refractivity contribution is -0.201. The Morgan fingerprint density at radius 2 is 2.08 bits per heavy atom. The molecule has 1 aliphatic rings. The molecule has 4 heteroatoms. The maximum Gasteiger partial charge on any atom is 0.398 e. The third-order valence-electron chi connectivity index (χ3n) is 1.95. The summed E-state index contributed by atoms with van der Waals surface area (Å²) in [5.74, 6) is -0.225. The van der Waals surface area contributed by atoms with Crippen molar-refractivity contribution in [1.29, 1.82) is 0 Å². The van der Waals surface area contributed by atoms with E-state index in [1.54, 1.807) is 0 Å². The van der Waals surface area contributed by atoms with E-state index in [4.69, 9.17) is 5.11 Å². The summed E-state index contributed by atoms with van der Waals surface area (Å²) in [6.07, 6.45) is -1.11. The number of aliphatic hydroxyl groups is 1. The van der Waals surface area contributed by atoms with Crippen molar-refractivity contribution in [2.75, 3.05) is 0 Å². The van der Waals surface area contributed by atoms with Crippen LogP contribution in [0.3, 0.4) is 0 Å². The highest BCUT2D eigenvalue weighted by molar-refractivity contribution is 5.20. The molecule has 0 saturated heterocycles. The second-order valence-electron chi connectivity index (χ2n) is 3.11. The lowest BCUT2D eigenvalue weighted by Gasteiger charge is -2.30. The molecule has 1 N–H and O–H groups in total. The van der Waals surface area contributed by atoms with Gasteiger partial charge < -0.3 is 5.11 Å². The van der Waals surface area contributed by atoms with E-state index in [0.717, 1.165) is 13.0 Å². The molecule has 0 fully saturated rings. The SMILES string of the molecule is CC1(C(F)(F)F)C=CC=C(O)C1. The summed E-state index contributed by atoms with van der Waals surface area (Å²) in [4.78, 5) is 0. The highest BCUT2D eigenvalue weighted by Gasteiger charge is 2.50. The summed E-state index contributed by atoms with van der Waals surface area (Å²) in [5, 5.41) is 8.92. The summed E-state index contributed by atoms with van der Waals surface area (Å²) in [5.41, 5.74) is -1.91. The largest absolute Gasteiger partial charge is 0.512 e. The monoisotopic (exact) mass is 178 g/mol. The first-order chi connectivity index (χ1) is 5.35. The molecule has 0 aromatic rings. The third-order valence-corrected chi connectivity index (χ3v) is 1.95. The zero-order valence-electron chi connectivity index (χ0n) is 6.52. The highest BCUT2D eigenvalue weighted by Crippen LogP contribution is 2.44. The molecule has 1 unspecified atom stereocenters. The fourth-order valence-corrected chi connectivity index (χ4v) is 1.06. The molecule has 0 aromatic carbocycles. The van der Waals surface area contributed by atoms with Gasteiger partial charge in [0.15, 0.2) is 0 Å². The second kappa shape index (κ2) is 2.54. The molecule has 0 bridgehead atoms. The van der Waals surface area contributed by atoms with Crippen LogP contribution in [-0.2, 0) is 0 Å². The van der Waals surface area contributed by atoms with Gasteiger partial charge >= 0.3 is 6.18 Å². The van der Waals surface area contributed by atoms with Crippen LogP contribution in [0.1, 0.15) is 13.3 Å². The van der Waals surface area contributed by atoms with Gasteiger partial charge in [0.05, 0.1) is 11.2 Å². The highest BCUT2D eigenvalue weighted by atomic mass is 19.4. The number of aliphatic hydroxyl groups excluding tert-OH is 1. The second-order valence-corrected chi connectivity index (χ2v) is 3.11. The Labute approximate surface area is 68.2 Å². The molecule has 1 nitrogen and oxygen atoms in total. The van der Waals surface area contributed by atoms with E-state index in [1.165, 1.54) is 12.2 Å². The van der Waals surface area contributed by atoms with Gasteiger partial charge in [0.25, 0.3) is 0 Å². The number of halogens is 3. The van der Waals surface area contributed by atoms with Crippen LogP contribution in [0.4, 0.5) is 13.2 Å². The smallest absolute Gasteiger partial charge is 0.398 e. The minimum Gasteiger partial charge on any atom is -0.512 e. The summed E-state index contributed by atoms with van der Waals surface area (Å²) in [6.45, 7) is 1.06. The van der Waals surface area contributed by atoms with Gasteiger partial charge in [-0.05, 0) is 13.0 Å². The summed E-state index contributed by atoms with van der Waals surface area (Å²) >= 11 is 0. The van der Waals surface area contributed by atoms with Crippen molar-refractivity contribution < 1.29 is 18.3 Å². The molecular weight excluding hydrogens is 169 g/mol. The van der Waals surface area contributed by atoms with Crippen molar-refractivity contribution in [1.82, 2.24) is 0 Å². The topological polar surface area (TPSA) is 20.2 Å². The van der Waals surface area contributed by atoms with E-state index in [9.17, 15) is 13.2 Å². The Hall–Kier alpha value is -0.930. The van der Waals surface area contributed by atoms with Gasteiger partial charge in [0.2, 0.25) is 0 Å². The first kappa shape index (κ1) is 9.16. The first-order valence-corrected chi connectivity index (χ1v) is 3.49. The quantitative estimate of drug-likeness (QED) is 0.604. The van der Waals surface area contributed by atoms with Crippen LogP contribution in [-0.4, -0.2) is 11.3 Å². The van der Waals surface area contributed by atoms with Gasteiger partial charge in [-0.2, -0.15) is 13.2 Å². The Bertz CT molecular complexity index is 239. The Balaban J connectivity index is 2.90. The molecule has 0 heterocycles. The van der Waals surface area contributed by atoms with E-state index >= 15 is 0 Å². The van der Waals surface area contributed by atoms with Gasteiger partial charge in [-0.1, -0.05) is 12.2 Å². The van der Waals surface area contributed by atoms with Crippen molar-refractivity contribution in [3.8, 4) is 0 Å². The lowest BCUT2D eigenvalue weighted by Crippen LogP contribution is -2.34. The maximum absolute atomic E-state index is 12.3. The van der Waals surface area contributed by atoms with Gasteiger partial charge in [-0.15, -0.1) is 0 Å². The van der Waals surface area contributed by atoms with Gasteiger partial charge in [0.1, 0.15) is 0 Å². The number of alkyl halides is 3. The summed E-state index contributed by atoms with van der Waals surface area (Å²) in [6, 6.07) is 0. The Morgan fingerprint density at radius 1 is 1.50 bits per heavy atom. The van der Waals surface area contributed by atoms with Crippen molar-refractivity contribution >= 4 is 0 Å². The molecule has 0 aromatic heterocycles. The van der Waals surface area contributed by atoms with Gasteiger partial charge in [-0.25, -0.2) is 0 Å². The van der Waals surface area contributed by atoms with Crippen LogP contribution < -0.4 is 0 Å². The van der Waals surface area contributed by atoms with Crippen molar-refractivity contribution in [3.63, 3.8) is 0 Å². The standard InChI is InChI=1S/C8H9F3O/c1-7(8(9,10)11)4-2-3-6(12)5-7/h2-4,12H,5H2,1H3. The minimum absolute atomic E-state index is 0.225. The van der Waals surface area contributed by atoms with Crippen LogP contribution >= 0.6 is 0 Å². The molecule has 1 rings (SSSR count). The number of rotatable bonds is 0. The van der Waals surface area contributed by atoms with Crippen LogP contribution in [0, 0.1) is 5.41 Å². The average molecular weight is 178 g/mol. The first-order valence-electron chi connectivity index (χ1n) is 3.49. The Morgan fingerprint density at radius 3 is 2.42 bits per heavy atom. The van der Waals surface area contributed by atoms with Crippen molar-refractivity contribution in [2.45, 2.75) is 19.5 Å². The summed E-state index contributed by atoms with van der Waals surface area (Å²) in [7, 11) is 0. The molecule has 68 valence electrons. The zero-order valence-corrected chi connectivity index (χ0v) is 6.52. The number of hydrogen-bond acceptors (Lipinski definition) is 1. The van der Waals surface area contributed by atoms with E-state index in [0.29, 0.717) is 0 Å². The summed E-state index contributed by atoms with van der Waals surface area (Å²) < 4.78 is 36.9. The fourth-order valence-electron chi connectivity index (χ4n) is 1.06. The molecule has 0 saturated carbocycles. The molecule has 1 aliphatic carbocycles. The van der Waals surface area contributed by atoms with Crippen LogP contribution in [0.5, 0.6) is 0 Å². The van der Waals surface area contributed by atoms with Crippen molar-refractivity contribution in [2.24, 2.45) is 5.41 Å². The fraction of sp³-hybridized carbons (Fsp3) is 0.500. The van der Waals surface area contributed by atoms with Crippen LogP contribution in [0.25, 0.3) is 0 Å². The van der Waals surface area contributed by atoms with Gasteiger partial charge in [0, 0.05) is 6.42 Å². The van der Waals surface area contributed by atoms with E-state index in [-0.39, 0.29) is 12.2 Å². The third kappa shape index (κ3) is 1.47. The lowest BCUT2D eigenvalue weighted by atomic mass is 9.82. The van der Waals surface area contributed by atoms with Crippen LogP contribution in [0.15, 0.2) is 24.0 Å². The Kier molecular flexibility index (Phi) is 1.94. The van der Waals surface area contributed by atoms with Crippen LogP contribution in [0.2, 0.25) is 0 Å². The predicted octanol–water partition coefficient (Wildman–Crippen LogP) is 2.96. The minimum atomic E-state index is -4.30. The average Bonchev–Trinajstić information content (AvgIpc) is 1.83. The molecule has 0 amide bonds. The molecule has 0 aliphatic heterocycles. The molecule has 0 radical (unpaired) electrons. The van der Waals surface area contributed by atoms with E-state index in [2.05, 4.69) is 0 Å².